The minimum Gasteiger partial charge on any atom is -0.508 e. The van der Waals surface area contributed by atoms with E-state index in [-0.39, 0.29) is 11.1 Å². The van der Waals surface area contributed by atoms with Gasteiger partial charge in [0.2, 0.25) is 17.5 Å². The number of aliphatic hydroxyl groups is 6. The zero-order valence-corrected chi connectivity index (χ0v) is 22.3. The molecule has 0 bridgehead atoms. The van der Waals surface area contributed by atoms with E-state index in [0.29, 0.717) is 0 Å². The number of phenolic OH excluding ortho intramolecular Hbond substituents is 4. The van der Waals surface area contributed by atoms with Crippen molar-refractivity contribution in [2.24, 2.45) is 0 Å². The molecule has 2 fully saturated rings. The number of benzene rings is 2. The van der Waals surface area contributed by atoms with Crippen LogP contribution in [-0.4, -0.2) is 119 Å². The lowest BCUT2D eigenvalue weighted by Gasteiger charge is -2.42. The fraction of sp³-hybridized carbons (Fsp3) is 0.444. The quantitative estimate of drug-likeness (QED) is 0.140. The Bertz CT molecular complexity index is 1540. The van der Waals surface area contributed by atoms with Crippen LogP contribution in [0, 0.1) is 0 Å². The Morgan fingerprint density at radius 1 is 0.744 bits per heavy atom. The van der Waals surface area contributed by atoms with Crippen LogP contribution in [0.3, 0.4) is 0 Å². The van der Waals surface area contributed by atoms with Gasteiger partial charge in [-0.25, -0.2) is 0 Å². The average molecular weight is 611 g/mol. The zero-order chi connectivity index (χ0) is 31.3. The summed E-state index contributed by atoms with van der Waals surface area (Å²) in [7, 11) is 0. The Morgan fingerprint density at radius 2 is 1.42 bits per heavy atom. The molecule has 0 aliphatic carbocycles. The summed E-state index contributed by atoms with van der Waals surface area (Å²) in [6.07, 6.45) is -16.2. The predicted octanol–water partition coefficient (Wildman–Crippen LogP) is -1.69. The van der Waals surface area contributed by atoms with E-state index in [2.05, 4.69) is 0 Å². The number of phenols is 4. The summed E-state index contributed by atoms with van der Waals surface area (Å²) in [5.74, 6) is -3.33. The normalized spacial score (nSPS) is 33.0. The van der Waals surface area contributed by atoms with Gasteiger partial charge in [0.05, 0.1) is 12.7 Å². The summed E-state index contributed by atoms with van der Waals surface area (Å²) < 4.78 is 27.8. The van der Waals surface area contributed by atoms with Crippen LogP contribution in [0.4, 0.5) is 0 Å². The van der Waals surface area contributed by atoms with E-state index in [1.807, 2.05) is 0 Å². The topological polar surface area (TPSA) is 269 Å². The first-order chi connectivity index (χ1) is 20.3. The van der Waals surface area contributed by atoms with Crippen LogP contribution in [0.5, 0.6) is 28.7 Å². The minimum atomic E-state index is -1.97. The van der Waals surface area contributed by atoms with Crippen molar-refractivity contribution in [3.05, 3.63) is 40.6 Å². The lowest BCUT2D eigenvalue weighted by atomic mass is 9.98. The molecule has 16 heteroatoms. The second-order valence-electron chi connectivity index (χ2n) is 10.3. The monoisotopic (exact) mass is 610 g/mol. The molecule has 0 amide bonds. The van der Waals surface area contributed by atoms with E-state index < -0.39 is 113 Å². The van der Waals surface area contributed by atoms with Crippen LogP contribution in [0.15, 0.2) is 39.5 Å². The highest BCUT2D eigenvalue weighted by Gasteiger charge is 2.47. The number of ether oxygens (including phenoxy) is 4. The molecule has 10 atom stereocenters. The molecule has 5 rings (SSSR count). The molecule has 3 aromatic rings. The minimum absolute atomic E-state index is 0.0313. The number of fused-ring (bicyclic) bond motifs is 1. The first-order valence-electron chi connectivity index (χ1n) is 13.0. The third-order valence-corrected chi connectivity index (χ3v) is 7.29. The summed E-state index contributed by atoms with van der Waals surface area (Å²) in [6, 6.07) is 5.24. The van der Waals surface area contributed by atoms with E-state index in [4.69, 9.17) is 23.4 Å². The van der Waals surface area contributed by atoms with Gasteiger partial charge in [-0.2, -0.15) is 0 Å². The number of aliphatic hydroxyl groups excluding tert-OH is 6. The van der Waals surface area contributed by atoms with Gasteiger partial charge in [-0.3, -0.25) is 4.79 Å². The molecule has 43 heavy (non-hydrogen) atoms. The second-order valence-corrected chi connectivity index (χ2v) is 10.3. The van der Waals surface area contributed by atoms with Crippen LogP contribution in [0.1, 0.15) is 6.92 Å². The maximum absolute atomic E-state index is 13.6. The number of hydrogen-bond donors (Lipinski definition) is 10. The van der Waals surface area contributed by atoms with Crippen LogP contribution >= 0.6 is 0 Å². The second kappa shape index (κ2) is 11.8. The van der Waals surface area contributed by atoms with Crippen molar-refractivity contribution < 1.29 is 74.4 Å². The fourth-order valence-corrected chi connectivity index (χ4v) is 4.84. The smallest absolute Gasteiger partial charge is 0.239 e. The Morgan fingerprint density at radius 3 is 2.12 bits per heavy atom. The van der Waals surface area contributed by atoms with Crippen molar-refractivity contribution in [1.29, 1.82) is 0 Å². The van der Waals surface area contributed by atoms with Gasteiger partial charge in [-0.05, 0) is 25.1 Å². The molecule has 2 aliphatic heterocycles. The Labute approximate surface area is 241 Å². The maximum atomic E-state index is 13.6. The van der Waals surface area contributed by atoms with E-state index >= 15 is 0 Å². The Balaban J connectivity index is 1.48. The molecule has 0 radical (unpaired) electrons. The van der Waals surface area contributed by atoms with Crippen molar-refractivity contribution in [2.45, 2.75) is 68.3 Å². The van der Waals surface area contributed by atoms with Crippen molar-refractivity contribution in [2.75, 3.05) is 6.61 Å². The van der Waals surface area contributed by atoms with E-state index in [1.54, 1.807) is 0 Å². The van der Waals surface area contributed by atoms with Crippen LogP contribution in [-0.2, 0) is 14.2 Å². The molecular weight excluding hydrogens is 580 g/mol. The third kappa shape index (κ3) is 5.67. The molecule has 3 heterocycles. The summed E-state index contributed by atoms with van der Waals surface area (Å²) in [5.41, 5.74) is -1.35. The van der Waals surface area contributed by atoms with Gasteiger partial charge in [0, 0.05) is 17.7 Å². The first kappa shape index (κ1) is 30.7. The Kier molecular flexibility index (Phi) is 8.41. The molecule has 0 spiro atoms. The molecule has 7 unspecified atom stereocenters. The number of rotatable bonds is 6. The standard InChI is InChI=1S/C27H30O16/c1-8-17(32)20(35)22(37)26(40-8)39-7-15-18(33)21(36)23(38)27(42-15)43-25-19(34)16-13(31)5-10(28)6-14(16)41-24(25)9-2-3-11(29)12(30)4-9/h2-6,8,15,17-18,20-23,26-33,35-38H,7H2,1H3/t8?,15?,17?,18?,20-,21?,22-,23-,26?,27?/m1/s1. The highest BCUT2D eigenvalue weighted by Crippen LogP contribution is 2.39. The molecule has 234 valence electrons. The largest absolute Gasteiger partial charge is 0.508 e. The summed E-state index contributed by atoms with van der Waals surface area (Å²) in [4.78, 5) is 13.6. The van der Waals surface area contributed by atoms with Gasteiger partial charge in [0.25, 0.3) is 0 Å². The molecule has 10 N–H and O–H groups in total. The van der Waals surface area contributed by atoms with E-state index in [0.717, 1.165) is 24.3 Å². The lowest BCUT2D eigenvalue weighted by Crippen LogP contribution is -2.61. The molecule has 16 nitrogen and oxygen atoms in total. The molecular formula is C27H30O16. The molecule has 1 aromatic heterocycles. The maximum Gasteiger partial charge on any atom is 0.239 e. The molecule has 2 aromatic carbocycles. The lowest BCUT2D eigenvalue weighted by molar-refractivity contribution is -0.318. The van der Waals surface area contributed by atoms with Crippen LogP contribution in [0.2, 0.25) is 0 Å². The third-order valence-electron chi connectivity index (χ3n) is 7.29. The van der Waals surface area contributed by atoms with Gasteiger partial charge >= 0.3 is 0 Å². The van der Waals surface area contributed by atoms with Gasteiger partial charge in [-0.15, -0.1) is 0 Å². The van der Waals surface area contributed by atoms with Crippen molar-refractivity contribution in [3.8, 4) is 40.1 Å². The summed E-state index contributed by atoms with van der Waals surface area (Å²) in [6.45, 7) is 0.818. The SMILES string of the molecule is CC1OC(OCC2OC(Oc3c(-c4ccc(O)c(O)c4)oc4cc(O)cc(O)c4c3=O)[C@H](O)C(O)C2O)[C@H](O)[C@H](O)C1O. The van der Waals surface area contributed by atoms with Gasteiger partial charge < -0.3 is 74.4 Å². The molecule has 2 saturated heterocycles. The number of aromatic hydroxyl groups is 4. The molecule has 0 saturated carbocycles. The average Bonchev–Trinajstić information content (AvgIpc) is 2.96. The van der Waals surface area contributed by atoms with Crippen molar-refractivity contribution >= 4 is 11.0 Å². The van der Waals surface area contributed by atoms with Gasteiger partial charge in [0.1, 0.15) is 65.2 Å². The first-order valence-corrected chi connectivity index (χ1v) is 13.0. The van der Waals surface area contributed by atoms with E-state index in [9.17, 15) is 55.9 Å². The van der Waals surface area contributed by atoms with E-state index in [1.165, 1.54) is 13.0 Å². The number of hydrogen-bond acceptors (Lipinski definition) is 16. The summed E-state index contributed by atoms with van der Waals surface area (Å²) in [5, 5.41) is 101. The predicted molar refractivity (Wildman–Crippen MR) is 140 cm³/mol. The van der Waals surface area contributed by atoms with Gasteiger partial charge in [-0.1, -0.05) is 0 Å². The van der Waals surface area contributed by atoms with Crippen molar-refractivity contribution in [3.63, 3.8) is 0 Å². The highest BCUT2D eigenvalue weighted by molar-refractivity contribution is 5.88. The van der Waals surface area contributed by atoms with Crippen molar-refractivity contribution in [1.82, 2.24) is 0 Å². The highest BCUT2D eigenvalue weighted by atomic mass is 16.7. The van der Waals surface area contributed by atoms with Crippen LogP contribution < -0.4 is 10.2 Å². The van der Waals surface area contributed by atoms with Crippen LogP contribution in [0.25, 0.3) is 22.3 Å². The zero-order valence-electron chi connectivity index (χ0n) is 22.3. The molecule has 2 aliphatic rings. The fourth-order valence-electron chi connectivity index (χ4n) is 4.84. The van der Waals surface area contributed by atoms with Gasteiger partial charge in [0.15, 0.2) is 23.5 Å². The summed E-state index contributed by atoms with van der Waals surface area (Å²) >= 11 is 0. The Hall–Kier alpha value is -3.71.